The van der Waals surface area contributed by atoms with Crippen LogP contribution in [0.3, 0.4) is 0 Å². The number of carbonyl (C=O) groups is 2. The Morgan fingerprint density at radius 1 is 1.44 bits per heavy atom. The molecule has 1 atom stereocenters. The third-order valence-electron chi connectivity index (χ3n) is 4.21. The Kier molecular flexibility index (Phi) is 6.24. The molecule has 1 fully saturated rings. The van der Waals surface area contributed by atoms with Crippen molar-refractivity contribution in [1.29, 1.82) is 0 Å². The second-order valence-corrected chi connectivity index (χ2v) is 5.97. The van der Waals surface area contributed by atoms with Crippen LogP contribution in [-0.4, -0.2) is 47.3 Å². The van der Waals surface area contributed by atoms with Gasteiger partial charge in [0.05, 0.1) is 10.5 Å². The van der Waals surface area contributed by atoms with E-state index in [0.717, 1.165) is 12.1 Å². The van der Waals surface area contributed by atoms with Gasteiger partial charge in [0, 0.05) is 32.1 Å². The standard InChI is InChI=1S/C16H19F3N4O4/c1-2-12-15(25)21-7-8-22(12)14(24)5-6-20-11-4-3-10(16(17,18)19)9-13(11)23(26)27/h3-4,9,12,20H,2,5-8H2,1H3,(H,21,25). The average Bonchev–Trinajstić information content (AvgIpc) is 2.60. The van der Waals surface area contributed by atoms with Crippen molar-refractivity contribution in [2.45, 2.75) is 32.0 Å². The van der Waals surface area contributed by atoms with Crippen LogP contribution in [0.4, 0.5) is 24.5 Å². The number of anilines is 1. The number of halogens is 3. The summed E-state index contributed by atoms with van der Waals surface area (Å²) < 4.78 is 38.1. The summed E-state index contributed by atoms with van der Waals surface area (Å²) in [5, 5.41) is 16.3. The highest BCUT2D eigenvalue weighted by Gasteiger charge is 2.33. The number of carbonyl (C=O) groups excluding carboxylic acids is 2. The molecule has 11 heteroatoms. The van der Waals surface area contributed by atoms with Crippen LogP contribution in [0.5, 0.6) is 0 Å². The molecule has 2 amide bonds. The minimum absolute atomic E-state index is 0.0143. The number of alkyl halides is 3. The molecule has 1 aromatic rings. The Bertz CT molecular complexity index is 739. The molecule has 0 aromatic heterocycles. The van der Waals surface area contributed by atoms with Gasteiger partial charge in [-0.25, -0.2) is 0 Å². The maximum Gasteiger partial charge on any atom is 0.416 e. The number of nitro benzene ring substituents is 1. The number of rotatable bonds is 6. The van der Waals surface area contributed by atoms with Crippen LogP contribution in [0.25, 0.3) is 0 Å². The lowest BCUT2D eigenvalue weighted by Crippen LogP contribution is -2.57. The average molecular weight is 388 g/mol. The summed E-state index contributed by atoms with van der Waals surface area (Å²) in [5.74, 6) is -0.540. The van der Waals surface area contributed by atoms with Gasteiger partial charge in [0.25, 0.3) is 5.69 Å². The van der Waals surface area contributed by atoms with Crippen molar-refractivity contribution in [3.63, 3.8) is 0 Å². The van der Waals surface area contributed by atoms with Crippen LogP contribution >= 0.6 is 0 Å². The quantitative estimate of drug-likeness (QED) is 0.574. The van der Waals surface area contributed by atoms with E-state index in [1.807, 2.05) is 0 Å². The summed E-state index contributed by atoms with van der Waals surface area (Å²) in [6.45, 7) is 2.47. The number of hydrogen-bond donors (Lipinski definition) is 2. The summed E-state index contributed by atoms with van der Waals surface area (Å²) in [5.41, 5.74) is -1.95. The van der Waals surface area contributed by atoms with Gasteiger partial charge in [-0.15, -0.1) is 0 Å². The maximum absolute atomic E-state index is 12.7. The minimum atomic E-state index is -4.69. The maximum atomic E-state index is 12.7. The van der Waals surface area contributed by atoms with E-state index in [1.165, 1.54) is 4.90 Å². The topological polar surface area (TPSA) is 105 Å². The molecule has 1 aliphatic rings. The number of piperazine rings is 1. The van der Waals surface area contributed by atoms with Crippen molar-refractivity contribution >= 4 is 23.2 Å². The molecule has 0 spiro atoms. The van der Waals surface area contributed by atoms with Crippen LogP contribution in [0.1, 0.15) is 25.3 Å². The second-order valence-electron chi connectivity index (χ2n) is 5.97. The van der Waals surface area contributed by atoms with E-state index in [9.17, 15) is 32.9 Å². The molecule has 0 bridgehead atoms. The molecular formula is C16H19F3N4O4. The lowest BCUT2D eigenvalue weighted by molar-refractivity contribution is -0.384. The highest BCUT2D eigenvalue weighted by Crippen LogP contribution is 2.34. The Morgan fingerprint density at radius 2 is 2.15 bits per heavy atom. The molecule has 1 heterocycles. The van der Waals surface area contributed by atoms with Crippen molar-refractivity contribution in [3.8, 4) is 0 Å². The number of amides is 2. The van der Waals surface area contributed by atoms with Crippen molar-refractivity contribution in [2.75, 3.05) is 25.0 Å². The Labute approximate surface area is 152 Å². The van der Waals surface area contributed by atoms with Crippen LogP contribution in [0.15, 0.2) is 18.2 Å². The summed E-state index contributed by atoms with van der Waals surface area (Å²) in [7, 11) is 0. The predicted molar refractivity (Wildman–Crippen MR) is 90.0 cm³/mol. The first-order valence-corrected chi connectivity index (χ1v) is 8.31. The third-order valence-corrected chi connectivity index (χ3v) is 4.21. The first-order valence-electron chi connectivity index (χ1n) is 8.31. The Morgan fingerprint density at radius 3 is 2.74 bits per heavy atom. The van der Waals surface area contributed by atoms with Gasteiger partial charge in [0.2, 0.25) is 11.8 Å². The first kappa shape index (κ1) is 20.5. The van der Waals surface area contributed by atoms with Crippen molar-refractivity contribution in [1.82, 2.24) is 10.2 Å². The third kappa shape index (κ3) is 4.86. The largest absolute Gasteiger partial charge is 0.416 e. The molecule has 0 saturated carbocycles. The SMILES string of the molecule is CCC1C(=O)NCCN1C(=O)CCNc1ccc(C(F)(F)F)cc1[N+](=O)[O-]. The monoisotopic (exact) mass is 388 g/mol. The van der Waals surface area contributed by atoms with E-state index in [2.05, 4.69) is 10.6 Å². The van der Waals surface area contributed by atoms with E-state index in [1.54, 1.807) is 6.92 Å². The fraction of sp³-hybridized carbons (Fsp3) is 0.500. The molecule has 1 saturated heterocycles. The molecule has 1 aliphatic heterocycles. The normalized spacial score (nSPS) is 17.4. The van der Waals surface area contributed by atoms with Crippen LogP contribution < -0.4 is 10.6 Å². The smallest absolute Gasteiger partial charge is 0.379 e. The van der Waals surface area contributed by atoms with E-state index in [-0.39, 0.29) is 30.5 Å². The highest BCUT2D eigenvalue weighted by molar-refractivity contribution is 5.88. The zero-order valence-corrected chi connectivity index (χ0v) is 14.5. The lowest BCUT2D eigenvalue weighted by atomic mass is 10.1. The van der Waals surface area contributed by atoms with Gasteiger partial charge in [-0.1, -0.05) is 6.92 Å². The minimum Gasteiger partial charge on any atom is -0.379 e. The number of nitro groups is 1. The van der Waals surface area contributed by atoms with Gasteiger partial charge in [0.15, 0.2) is 0 Å². The molecule has 0 radical (unpaired) electrons. The fourth-order valence-electron chi connectivity index (χ4n) is 2.88. The van der Waals surface area contributed by atoms with E-state index >= 15 is 0 Å². The number of hydrogen-bond acceptors (Lipinski definition) is 5. The van der Waals surface area contributed by atoms with E-state index in [0.29, 0.717) is 25.6 Å². The van der Waals surface area contributed by atoms with Crippen molar-refractivity contribution in [2.24, 2.45) is 0 Å². The second kappa shape index (κ2) is 8.23. The molecule has 1 aromatic carbocycles. The van der Waals surface area contributed by atoms with Gasteiger partial charge < -0.3 is 15.5 Å². The molecule has 2 rings (SSSR count). The molecular weight excluding hydrogens is 369 g/mol. The Balaban J connectivity index is 2.03. The summed E-state index contributed by atoms with van der Waals surface area (Å²) in [6, 6.07) is 1.59. The van der Waals surface area contributed by atoms with Gasteiger partial charge in [0.1, 0.15) is 11.7 Å². The molecule has 27 heavy (non-hydrogen) atoms. The summed E-state index contributed by atoms with van der Waals surface area (Å²) in [6.07, 6.45) is -4.29. The van der Waals surface area contributed by atoms with Crippen LogP contribution in [0, 0.1) is 10.1 Å². The molecule has 2 N–H and O–H groups in total. The van der Waals surface area contributed by atoms with Crippen molar-refractivity contribution in [3.05, 3.63) is 33.9 Å². The molecule has 1 unspecified atom stereocenters. The number of benzene rings is 1. The molecule has 8 nitrogen and oxygen atoms in total. The van der Waals surface area contributed by atoms with E-state index < -0.39 is 28.4 Å². The molecule has 148 valence electrons. The van der Waals surface area contributed by atoms with E-state index in [4.69, 9.17) is 0 Å². The zero-order valence-electron chi connectivity index (χ0n) is 14.5. The van der Waals surface area contributed by atoms with Crippen LogP contribution in [-0.2, 0) is 15.8 Å². The molecule has 0 aliphatic carbocycles. The summed E-state index contributed by atoms with van der Waals surface area (Å²) >= 11 is 0. The number of nitrogens with zero attached hydrogens (tertiary/aromatic N) is 2. The number of nitrogens with one attached hydrogen (secondary N) is 2. The highest BCUT2D eigenvalue weighted by atomic mass is 19.4. The van der Waals surface area contributed by atoms with Gasteiger partial charge in [-0.2, -0.15) is 13.2 Å². The fourth-order valence-corrected chi connectivity index (χ4v) is 2.88. The summed E-state index contributed by atoms with van der Waals surface area (Å²) in [4.78, 5) is 35.7. The Hall–Kier alpha value is -2.85. The zero-order chi connectivity index (χ0) is 20.2. The van der Waals surface area contributed by atoms with Crippen molar-refractivity contribution < 1.29 is 27.7 Å². The van der Waals surface area contributed by atoms with Gasteiger partial charge >= 0.3 is 6.18 Å². The lowest BCUT2D eigenvalue weighted by Gasteiger charge is -2.34. The van der Waals surface area contributed by atoms with Crippen LogP contribution in [0.2, 0.25) is 0 Å². The first-order chi connectivity index (χ1) is 12.6. The predicted octanol–water partition coefficient (Wildman–Crippen LogP) is 2.15. The van der Waals surface area contributed by atoms with Gasteiger partial charge in [-0.05, 0) is 18.6 Å². The van der Waals surface area contributed by atoms with Gasteiger partial charge in [-0.3, -0.25) is 19.7 Å².